The maximum Gasteiger partial charge on any atom is 0.317 e. The molecule has 0 radical (unpaired) electrons. The summed E-state index contributed by atoms with van der Waals surface area (Å²) in [5.41, 5.74) is 2.49. The van der Waals surface area contributed by atoms with Gasteiger partial charge in [-0.2, -0.15) is 5.10 Å². The Bertz CT molecular complexity index is 755. The van der Waals surface area contributed by atoms with Crippen molar-refractivity contribution in [3.63, 3.8) is 0 Å². The maximum absolute atomic E-state index is 13.1. The SMILES string of the molecule is CCCCC1(c2ccc(C=NN)cc2)C(=O)OCCC1c1ccccc1. The minimum Gasteiger partial charge on any atom is -0.465 e. The van der Waals surface area contributed by atoms with Gasteiger partial charge in [-0.3, -0.25) is 4.79 Å². The lowest BCUT2D eigenvalue weighted by Crippen LogP contribution is -2.47. The molecule has 1 heterocycles. The second kappa shape index (κ2) is 8.17. The molecule has 136 valence electrons. The average molecular weight is 350 g/mol. The zero-order valence-electron chi connectivity index (χ0n) is 15.2. The first-order chi connectivity index (χ1) is 12.7. The summed E-state index contributed by atoms with van der Waals surface area (Å²) in [6.45, 7) is 2.63. The Labute approximate surface area is 155 Å². The van der Waals surface area contributed by atoms with E-state index < -0.39 is 5.41 Å². The number of hydrazone groups is 1. The summed E-state index contributed by atoms with van der Waals surface area (Å²) in [4.78, 5) is 13.1. The number of hydrogen-bond acceptors (Lipinski definition) is 4. The summed E-state index contributed by atoms with van der Waals surface area (Å²) in [5, 5.41) is 3.58. The number of rotatable bonds is 6. The molecular weight excluding hydrogens is 324 g/mol. The number of hydrogen-bond donors (Lipinski definition) is 1. The van der Waals surface area contributed by atoms with E-state index in [2.05, 4.69) is 24.2 Å². The van der Waals surface area contributed by atoms with Crippen LogP contribution in [0.15, 0.2) is 59.7 Å². The number of esters is 1. The summed E-state index contributed by atoms with van der Waals surface area (Å²) in [6, 6.07) is 18.3. The van der Waals surface area contributed by atoms with Crippen molar-refractivity contribution in [3.05, 3.63) is 71.3 Å². The van der Waals surface area contributed by atoms with Gasteiger partial charge < -0.3 is 10.6 Å². The fourth-order valence-electron chi connectivity index (χ4n) is 4.07. The van der Waals surface area contributed by atoms with E-state index >= 15 is 0 Å². The topological polar surface area (TPSA) is 64.7 Å². The molecule has 0 aliphatic carbocycles. The number of nitrogens with zero attached hydrogens (tertiary/aromatic N) is 1. The van der Waals surface area contributed by atoms with Crippen molar-refractivity contribution in [1.82, 2.24) is 0 Å². The van der Waals surface area contributed by atoms with Gasteiger partial charge in [0.05, 0.1) is 18.2 Å². The van der Waals surface area contributed by atoms with Crippen LogP contribution in [0.3, 0.4) is 0 Å². The zero-order chi connectivity index (χ0) is 18.4. The molecule has 1 saturated heterocycles. The predicted octanol–water partition coefficient (Wildman–Crippen LogP) is 4.14. The van der Waals surface area contributed by atoms with Gasteiger partial charge in [0.15, 0.2) is 0 Å². The van der Waals surface area contributed by atoms with Gasteiger partial charge in [0.25, 0.3) is 0 Å². The van der Waals surface area contributed by atoms with Crippen LogP contribution in [0.2, 0.25) is 0 Å². The highest BCUT2D eigenvalue weighted by Gasteiger charge is 2.50. The molecule has 3 rings (SSSR count). The van der Waals surface area contributed by atoms with Gasteiger partial charge in [0.2, 0.25) is 0 Å². The third-order valence-corrected chi connectivity index (χ3v) is 5.37. The summed E-state index contributed by atoms with van der Waals surface area (Å²) < 4.78 is 5.59. The van der Waals surface area contributed by atoms with E-state index in [-0.39, 0.29) is 11.9 Å². The third-order valence-electron chi connectivity index (χ3n) is 5.37. The molecule has 0 bridgehead atoms. The van der Waals surface area contributed by atoms with Gasteiger partial charge in [0, 0.05) is 5.92 Å². The molecule has 4 heteroatoms. The molecule has 0 aromatic heterocycles. The molecular formula is C22H26N2O2. The number of benzene rings is 2. The molecule has 1 aliphatic rings. The molecule has 4 nitrogen and oxygen atoms in total. The summed E-state index contributed by atoms with van der Waals surface area (Å²) in [7, 11) is 0. The lowest BCUT2D eigenvalue weighted by molar-refractivity contribution is -0.157. The molecule has 2 atom stereocenters. The standard InChI is InChI=1S/C22H26N2O2/c1-2-3-14-22(19-11-9-17(10-12-19)16-24-23)20(13-15-26-21(22)25)18-7-5-4-6-8-18/h4-12,16,20H,2-3,13-15,23H2,1H3. The number of carbonyl (C=O) groups is 1. The minimum atomic E-state index is -0.645. The van der Waals surface area contributed by atoms with Crippen molar-refractivity contribution >= 4 is 12.2 Å². The molecule has 0 spiro atoms. The van der Waals surface area contributed by atoms with Gasteiger partial charge >= 0.3 is 5.97 Å². The van der Waals surface area contributed by atoms with Crippen LogP contribution in [-0.4, -0.2) is 18.8 Å². The van der Waals surface area contributed by atoms with Gasteiger partial charge in [-0.1, -0.05) is 74.4 Å². The zero-order valence-corrected chi connectivity index (χ0v) is 15.2. The van der Waals surface area contributed by atoms with Crippen LogP contribution in [0.25, 0.3) is 0 Å². The quantitative estimate of drug-likeness (QED) is 0.368. The van der Waals surface area contributed by atoms with E-state index in [0.29, 0.717) is 6.61 Å². The Kier molecular flexibility index (Phi) is 5.71. The Morgan fingerprint density at radius 2 is 1.92 bits per heavy atom. The van der Waals surface area contributed by atoms with Crippen LogP contribution in [0, 0.1) is 0 Å². The Balaban J connectivity index is 2.11. The van der Waals surface area contributed by atoms with Crippen LogP contribution in [0.5, 0.6) is 0 Å². The van der Waals surface area contributed by atoms with E-state index in [4.69, 9.17) is 10.6 Å². The number of carbonyl (C=O) groups excluding carboxylic acids is 1. The van der Waals surface area contributed by atoms with Crippen LogP contribution in [0.4, 0.5) is 0 Å². The van der Waals surface area contributed by atoms with E-state index in [0.717, 1.165) is 36.8 Å². The van der Waals surface area contributed by atoms with E-state index in [9.17, 15) is 4.79 Å². The number of cyclic esters (lactones) is 1. The second-order valence-corrected chi connectivity index (χ2v) is 6.86. The smallest absolute Gasteiger partial charge is 0.317 e. The van der Waals surface area contributed by atoms with Crippen molar-refractivity contribution in [2.24, 2.45) is 10.9 Å². The van der Waals surface area contributed by atoms with Crippen molar-refractivity contribution < 1.29 is 9.53 Å². The van der Waals surface area contributed by atoms with Crippen LogP contribution >= 0.6 is 0 Å². The summed E-state index contributed by atoms with van der Waals surface area (Å²) in [6.07, 6.45) is 5.24. The highest BCUT2D eigenvalue weighted by Crippen LogP contribution is 2.48. The number of ether oxygens (including phenoxy) is 1. The first kappa shape index (κ1) is 18.2. The van der Waals surface area contributed by atoms with E-state index in [1.807, 2.05) is 42.5 Å². The van der Waals surface area contributed by atoms with Crippen molar-refractivity contribution in [3.8, 4) is 0 Å². The molecule has 2 unspecified atom stereocenters. The van der Waals surface area contributed by atoms with E-state index in [1.165, 1.54) is 5.56 Å². The minimum absolute atomic E-state index is 0.105. The van der Waals surface area contributed by atoms with Crippen LogP contribution in [-0.2, 0) is 14.9 Å². The monoisotopic (exact) mass is 350 g/mol. The second-order valence-electron chi connectivity index (χ2n) is 6.86. The van der Waals surface area contributed by atoms with E-state index in [1.54, 1.807) is 6.21 Å². The Morgan fingerprint density at radius 3 is 2.58 bits per heavy atom. The first-order valence-corrected chi connectivity index (χ1v) is 9.28. The van der Waals surface area contributed by atoms with Gasteiger partial charge in [-0.05, 0) is 29.5 Å². The molecule has 0 amide bonds. The molecule has 0 saturated carbocycles. The van der Waals surface area contributed by atoms with Crippen LogP contribution in [0.1, 0.15) is 55.2 Å². The molecule has 2 N–H and O–H groups in total. The number of unbranched alkanes of at least 4 members (excludes halogenated alkanes) is 1. The number of nitrogens with two attached hydrogens (primary N) is 1. The largest absolute Gasteiger partial charge is 0.465 e. The Morgan fingerprint density at radius 1 is 1.19 bits per heavy atom. The molecule has 2 aromatic rings. The summed E-state index contributed by atoms with van der Waals surface area (Å²) in [5.74, 6) is 5.26. The fraction of sp³-hybridized carbons (Fsp3) is 0.364. The van der Waals surface area contributed by atoms with Crippen molar-refractivity contribution in [2.75, 3.05) is 6.61 Å². The lowest BCUT2D eigenvalue weighted by Gasteiger charge is -2.43. The molecule has 1 fully saturated rings. The highest BCUT2D eigenvalue weighted by molar-refractivity contribution is 5.86. The maximum atomic E-state index is 13.1. The van der Waals surface area contributed by atoms with Crippen molar-refractivity contribution in [1.29, 1.82) is 0 Å². The van der Waals surface area contributed by atoms with Gasteiger partial charge in [0.1, 0.15) is 0 Å². The third kappa shape index (κ3) is 3.36. The first-order valence-electron chi connectivity index (χ1n) is 9.28. The molecule has 1 aliphatic heterocycles. The highest BCUT2D eigenvalue weighted by atomic mass is 16.5. The molecule has 26 heavy (non-hydrogen) atoms. The lowest BCUT2D eigenvalue weighted by atomic mass is 9.62. The fourth-order valence-corrected chi connectivity index (χ4v) is 4.07. The normalized spacial score (nSPS) is 23.1. The summed E-state index contributed by atoms with van der Waals surface area (Å²) >= 11 is 0. The predicted molar refractivity (Wildman–Crippen MR) is 104 cm³/mol. The average Bonchev–Trinajstić information content (AvgIpc) is 2.69. The van der Waals surface area contributed by atoms with Gasteiger partial charge in [-0.15, -0.1) is 0 Å². The van der Waals surface area contributed by atoms with Gasteiger partial charge in [-0.25, -0.2) is 0 Å². The van der Waals surface area contributed by atoms with Crippen LogP contribution < -0.4 is 5.84 Å². The Hall–Kier alpha value is -2.62. The van der Waals surface area contributed by atoms with Crippen molar-refractivity contribution in [2.45, 2.75) is 43.9 Å². The molecule has 2 aromatic carbocycles.